The Labute approximate surface area is 140 Å². The molecule has 0 spiro atoms. The summed E-state index contributed by atoms with van der Waals surface area (Å²) >= 11 is 5.82. The molecule has 0 heterocycles. The van der Waals surface area contributed by atoms with E-state index in [0.717, 1.165) is 12.1 Å². The second-order valence-corrected chi connectivity index (χ2v) is 5.29. The number of rotatable bonds is 5. The number of nitrogens with one attached hydrogen (secondary N) is 1. The number of hydrogen-bond donors (Lipinski definition) is 1. The third-order valence-electron chi connectivity index (χ3n) is 2.93. The first kappa shape index (κ1) is 18.2. The van der Waals surface area contributed by atoms with E-state index in [1.54, 1.807) is 0 Å². The lowest BCUT2D eigenvalue weighted by molar-refractivity contribution is -0.176. The average Bonchev–Trinajstić information content (AvgIpc) is 2.49. The Morgan fingerprint density at radius 1 is 1.12 bits per heavy atom. The van der Waals surface area contributed by atoms with Gasteiger partial charge in [0.1, 0.15) is 12.4 Å². The summed E-state index contributed by atoms with van der Waals surface area (Å²) in [5.74, 6) is -1.01. The molecule has 0 aromatic heterocycles. The molecule has 8 heteroatoms. The molecular formula is C16H12ClF4NO2. The normalized spacial score (nSPS) is 11.4. The summed E-state index contributed by atoms with van der Waals surface area (Å²) in [6.07, 6.45) is -4.38. The Hall–Kier alpha value is -2.12. The fraction of sp³-hybridized carbons (Fsp3) is 0.188. The zero-order valence-corrected chi connectivity index (χ0v) is 12.9. The zero-order valence-electron chi connectivity index (χ0n) is 12.2. The van der Waals surface area contributed by atoms with Gasteiger partial charge in [-0.15, -0.1) is 0 Å². The highest BCUT2D eigenvalue weighted by atomic mass is 35.5. The summed E-state index contributed by atoms with van der Waals surface area (Å²) in [7, 11) is 0. The Kier molecular flexibility index (Phi) is 5.80. The van der Waals surface area contributed by atoms with Gasteiger partial charge in [0, 0.05) is 5.56 Å². The van der Waals surface area contributed by atoms with E-state index in [9.17, 15) is 22.4 Å². The maximum absolute atomic E-state index is 12.9. The van der Waals surface area contributed by atoms with Gasteiger partial charge in [0.05, 0.1) is 17.3 Å². The lowest BCUT2D eigenvalue weighted by Gasteiger charge is -2.09. The molecule has 2 aromatic rings. The number of alkyl halides is 3. The molecule has 0 aliphatic carbocycles. The SMILES string of the molecule is O=C(Nc1ccc(F)cc1Cl)c1ccc(COCC(F)(F)F)cc1. The van der Waals surface area contributed by atoms with Crippen LogP contribution in [0.25, 0.3) is 0 Å². The van der Waals surface area contributed by atoms with Crippen LogP contribution in [0.5, 0.6) is 0 Å². The van der Waals surface area contributed by atoms with Gasteiger partial charge in [-0.2, -0.15) is 13.2 Å². The zero-order chi connectivity index (χ0) is 17.7. The van der Waals surface area contributed by atoms with Crippen molar-refractivity contribution < 1.29 is 27.1 Å². The highest BCUT2D eigenvalue weighted by molar-refractivity contribution is 6.33. The highest BCUT2D eigenvalue weighted by Gasteiger charge is 2.27. The topological polar surface area (TPSA) is 38.3 Å². The molecule has 2 aromatic carbocycles. The minimum Gasteiger partial charge on any atom is -0.367 e. The predicted octanol–water partition coefficient (Wildman–Crippen LogP) is 4.81. The van der Waals surface area contributed by atoms with Crippen LogP contribution >= 0.6 is 11.6 Å². The number of halogens is 5. The van der Waals surface area contributed by atoms with Crippen molar-refractivity contribution in [3.05, 3.63) is 64.4 Å². The van der Waals surface area contributed by atoms with E-state index in [-0.39, 0.29) is 22.9 Å². The molecule has 0 radical (unpaired) electrons. The van der Waals surface area contributed by atoms with Gasteiger partial charge in [-0.25, -0.2) is 4.39 Å². The van der Waals surface area contributed by atoms with Crippen molar-refractivity contribution in [1.29, 1.82) is 0 Å². The van der Waals surface area contributed by atoms with Crippen LogP contribution in [0.3, 0.4) is 0 Å². The minimum absolute atomic E-state index is 0.0560. The Balaban J connectivity index is 1.96. The first-order chi connectivity index (χ1) is 11.2. The van der Waals surface area contributed by atoms with Crippen molar-refractivity contribution in [3.63, 3.8) is 0 Å². The largest absolute Gasteiger partial charge is 0.411 e. The Bertz CT molecular complexity index is 717. The van der Waals surface area contributed by atoms with Crippen LogP contribution < -0.4 is 5.32 Å². The number of ether oxygens (including phenoxy) is 1. The summed E-state index contributed by atoms with van der Waals surface area (Å²) in [6, 6.07) is 9.41. The number of amides is 1. The van der Waals surface area contributed by atoms with Gasteiger partial charge in [0.25, 0.3) is 5.91 Å². The van der Waals surface area contributed by atoms with Crippen molar-refractivity contribution in [2.75, 3.05) is 11.9 Å². The van der Waals surface area contributed by atoms with Crippen LogP contribution in [-0.2, 0) is 11.3 Å². The molecule has 0 unspecified atom stereocenters. The fourth-order valence-electron chi connectivity index (χ4n) is 1.82. The van der Waals surface area contributed by atoms with Crippen LogP contribution in [0.1, 0.15) is 15.9 Å². The Morgan fingerprint density at radius 2 is 1.79 bits per heavy atom. The molecule has 2 rings (SSSR count). The Morgan fingerprint density at radius 3 is 2.38 bits per heavy atom. The van der Waals surface area contributed by atoms with Crippen LogP contribution in [0.15, 0.2) is 42.5 Å². The van der Waals surface area contributed by atoms with E-state index >= 15 is 0 Å². The lowest BCUT2D eigenvalue weighted by Crippen LogP contribution is -2.16. The van der Waals surface area contributed by atoms with Crippen LogP contribution in [0.2, 0.25) is 5.02 Å². The van der Waals surface area contributed by atoms with Crippen LogP contribution in [0.4, 0.5) is 23.2 Å². The minimum atomic E-state index is -4.38. The van der Waals surface area contributed by atoms with E-state index in [1.807, 2.05) is 0 Å². The smallest absolute Gasteiger partial charge is 0.367 e. The molecular weight excluding hydrogens is 350 g/mol. The molecule has 0 bridgehead atoms. The van der Waals surface area contributed by atoms with Crippen molar-refractivity contribution in [1.82, 2.24) is 0 Å². The van der Waals surface area contributed by atoms with Gasteiger partial charge in [-0.1, -0.05) is 23.7 Å². The van der Waals surface area contributed by atoms with E-state index < -0.39 is 24.5 Å². The van der Waals surface area contributed by atoms with Gasteiger partial charge < -0.3 is 10.1 Å². The molecule has 0 atom stereocenters. The molecule has 128 valence electrons. The molecule has 1 N–H and O–H groups in total. The monoisotopic (exact) mass is 361 g/mol. The third kappa shape index (κ3) is 5.50. The van der Waals surface area contributed by atoms with Gasteiger partial charge >= 0.3 is 6.18 Å². The van der Waals surface area contributed by atoms with Gasteiger partial charge in [0.2, 0.25) is 0 Å². The molecule has 0 saturated carbocycles. The first-order valence-electron chi connectivity index (χ1n) is 6.74. The number of hydrogen-bond acceptors (Lipinski definition) is 2. The second kappa shape index (κ2) is 7.63. The van der Waals surface area contributed by atoms with Crippen LogP contribution in [0, 0.1) is 5.82 Å². The van der Waals surface area contributed by atoms with Gasteiger partial charge in [-0.05, 0) is 35.9 Å². The quantitative estimate of drug-likeness (QED) is 0.776. The number of benzene rings is 2. The molecule has 0 aliphatic heterocycles. The van der Waals surface area contributed by atoms with Crippen molar-refractivity contribution in [2.45, 2.75) is 12.8 Å². The van der Waals surface area contributed by atoms with Crippen LogP contribution in [-0.4, -0.2) is 18.7 Å². The molecule has 0 saturated heterocycles. The second-order valence-electron chi connectivity index (χ2n) is 4.88. The molecule has 0 fully saturated rings. The average molecular weight is 362 g/mol. The maximum atomic E-state index is 12.9. The molecule has 1 amide bonds. The standard InChI is InChI=1S/C16H12ClF4NO2/c17-13-7-12(18)5-6-14(13)22-15(23)11-3-1-10(2-4-11)8-24-9-16(19,20)21/h1-7H,8-9H2,(H,22,23). The summed E-state index contributed by atoms with van der Waals surface area (Å²) in [5.41, 5.74) is 1.02. The molecule has 3 nitrogen and oxygen atoms in total. The predicted molar refractivity (Wildman–Crippen MR) is 81.5 cm³/mol. The number of carbonyl (C=O) groups is 1. The molecule has 24 heavy (non-hydrogen) atoms. The van der Waals surface area contributed by atoms with E-state index in [0.29, 0.717) is 5.56 Å². The van der Waals surface area contributed by atoms with Crippen molar-refractivity contribution in [2.24, 2.45) is 0 Å². The number of anilines is 1. The number of carbonyl (C=O) groups excluding carboxylic acids is 1. The summed E-state index contributed by atoms with van der Waals surface area (Å²) < 4.78 is 53.4. The molecule has 0 aliphatic rings. The van der Waals surface area contributed by atoms with Gasteiger partial charge in [0.15, 0.2) is 0 Å². The van der Waals surface area contributed by atoms with E-state index in [4.69, 9.17) is 11.6 Å². The summed E-state index contributed by atoms with van der Waals surface area (Å²) in [5, 5.41) is 2.57. The summed E-state index contributed by atoms with van der Waals surface area (Å²) in [4.78, 5) is 12.1. The van der Waals surface area contributed by atoms with E-state index in [1.165, 1.54) is 30.3 Å². The summed E-state index contributed by atoms with van der Waals surface area (Å²) in [6.45, 7) is -1.55. The van der Waals surface area contributed by atoms with Crippen molar-refractivity contribution in [3.8, 4) is 0 Å². The third-order valence-corrected chi connectivity index (χ3v) is 3.24. The maximum Gasteiger partial charge on any atom is 0.411 e. The van der Waals surface area contributed by atoms with E-state index in [2.05, 4.69) is 10.1 Å². The first-order valence-corrected chi connectivity index (χ1v) is 7.12. The fourth-order valence-corrected chi connectivity index (χ4v) is 2.04. The van der Waals surface area contributed by atoms with Crippen molar-refractivity contribution >= 4 is 23.2 Å². The van der Waals surface area contributed by atoms with Gasteiger partial charge in [-0.3, -0.25) is 4.79 Å². The lowest BCUT2D eigenvalue weighted by atomic mass is 10.1. The highest BCUT2D eigenvalue weighted by Crippen LogP contribution is 2.23.